The third kappa shape index (κ3) is 7.10. The second-order valence-corrected chi connectivity index (χ2v) is 13.1. The maximum atomic E-state index is 5.84. The third-order valence-corrected chi connectivity index (χ3v) is 11.0. The van der Waals surface area contributed by atoms with Crippen LogP contribution in [0, 0.1) is 0 Å². The van der Waals surface area contributed by atoms with Crippen LogP contribution in [0.15, 0.2) is 0 Å². The fourth-order valence-corrected chi connectivity index (χ4v) is 11.2. The second-order valence-electron chi connectivity index (χ2n) is 4.36. The monoisotopic (exact) mass is 372 g/mol. The normalized spacial score (nSPS) is 13.3. The van der Waals surface area contributed by atoms with Crippen LogP contribution < -0.4 is 0 Å². The summed E-state index contributed by atoms with van der Waals surface area (Å²) in [6, 6.07) is 0. The van der Waals surface area contributed by atoms with Gasteiger partial charge in [-0.25, -0.2) is 0 Å². The predicted molar refractivity (Wildman–Crippen MR) is 54.5 cm³/mol. The minimum atomic E-state index is -3.34. The van der Waals surface area contributed by atoms with E-state index >= 15 is 0 Å². The van der Waals surface area contributed by atoms with E-state index in [1.807, 2.05) is 46.2 Å². The second kappa shape index (κ2) is 6.36. The zero-order valence-corrected chi connectivity index (χ0v) is 14.0. The van der Waals surface area contributed by atoms with Gasteiger partial charge >= 0.3 is 94.4 Å². The Morgan fingerprint density at radius 2 is 0.857 bits per heavy atom. The summed E-state index contributed by atoms with van der Waals surface area (Å²) in [7, 11) is 0. The number of hydrogen-bond donors (Lipinski definition) is 0. The van der Waals surface area contributed by atoms with Gasteiger partial charge in [0.15, 0.2) is 0 Å². The summed E-state index contributed by atoms with van der Waals surface area (Å²) in [4.78, 5) is 0. The summed E-state index contributed by atoms with van der Waals surface area (Å²) < 4.78 is 19.5. The molecule has 0 heterocycles. The van der Waals surface area contributed by atoms with Crippen LogP contribution >= 0.6 is 0 Å². The summed E-state index contributed by atoms with van der Waals surface area (Å²) >= 11 is -3.34. The van der Waals surface area contributed by atoms with Crippen molar-refractivity contribution in [3.63, 3.8) is 0 Å². The standard InChI is InChI=1S/3C3H7O.CH3.Hf/c3*1-3(2)4;;/h3*3H,1-2H3;1H3;/q3*-1;;+3. The molecule has 0 aromatic rings. The van der Waals surface area contributed by atoms with Gasteiger partial charge in [0.1, 0.15) is 0 Å². The van der Waals surface area contributed by atoms with Crippen LogP contribution in [-0.4, -0.2) is 18.3 Å². The molecule has 14 heavy (non-hydrogen) atoms. The van der Waals surface area contributed by atoms with Gasteiger partial charge in [-0.1, -0.05) is 0 Å². The van der Waals surface area contributed by atoms with E-state index in [9.17, 15) is 0 Å². The molecule has 0 aliphatic rings. The van der Waals surface area contributed by atoms with Crippen molar-refractivity contribution >= 4 is 0 Å². The molecule has 0 fully saturated rings. The van der Waals surface area contributed by atoms with Crippen molar-refractivity contribution in [1.29, 1.82) is 0 Å². The summed E-state index contributed by atoms with van der Waals surface area (Å²) in [6.07, 6.45) is 0.539. The van der Waals surface area contributed by atoms with Crippen LogP contribution in [0.3, 0.4) is 0 Å². The molecule has 0 spiro atoms. The van der Waals surface area contributed by atoms with E-state index in [-0.39, 0.29) is 18.3 Å². The summed E-state index contributed by atoms with van der Waals surface area (Å²) in [5.41, 5.74) is 0. The van der Waals surface area contributed by atoms with Crippen molar-refractivity contribution in [3.8, 4) is 0 Å². The Balaban J connectivity index is 4.32. The first kappa shape index (κ1) is 14.8. The molecule has 0 aliphatic heterocycles. The van der Waals surface area contributed by atoms with Crippen LogP contribution in [0.5, 0.6) is 0 Å². The van der Waals surface area contributed by atoms with Crippen molar-refractivity contribution in [1.82, 2.24) is 0 Å². The molecule has 0 radical (unpaired) electrons. The first-order chi connectivity index (χ1) is 6.25. The van der Waals surface area contributed by atoms with Gasteiger partial charge in [-0.2, -0.15) is 0 Å². The van der Waals surface area contributed by atoms with Gasteiger partial charge in [0.05, 0.1) is 0 Å². The molecule has 0 unspecified atom stereocenters. The van der Waals surface area contributed by atoms with Crippen molar-refractivity contribution in [2.24, 2.45) is 0 Å². The number of hydrogen-bond acceptors (Lipinski definition) is 3. The van der Waals surface area contributed by atoms with Crippen molar-refractivity contribution in [3.05, 3.63) is 0 Å². The molecule has 0 N–H and O–H groups in total. The molecule has 0 aromatic carbocycles. The molecule has 0 saturated carbocycles. The SMILES string of the molecule is CC(C)[O][Hf]([CH3])([O]C(C)C)[O]C(C)C. The van der Waals surface area contributed by atoms with Crippen LogP contribution in [0.1, 0.15) is 41.5 Å². The van der Waals surface area contributed by atoms with E-state index in [2.05, 4.69) is 0 Å². The summed E-state index contributed by atoms with van der Waals surface area (Å²) in [5, 5.41) is 0. The molecule has 0 amide bonds. The fraction of sp³-hybridized carbons (Fsp3) is 1.00. The van der Waals surface area contributed by atoms with Crippen molar-refractivity contribution in [2.45, 2.75) is 64.5 Å². The first-order valence-electron chi connectivity index (χ1n) is 5.28. The third-order valence-electron chi connectivity index (χ3n) is 1.35. The zero-order valence-electron chi connectivity index (χ0n) is 10.5. The van der Waals surface area contributed by atoms with E-state index in [0.29, 0.717) is 0 Å². The van der Waals surface area contributed by atoms with Gasteiger partial charge in [0.25, 0.3) is 0 Å². The maximum absolute atomic E-state index is 5.84. The quantitative estimate of drug-likeness (QED) is 0.672. The fourth-order valence-electron chi connectivity index (χ4n) is 1.37. The molecular weight excluding hydrogens is 347 g/mol. The van der Waals surface area contributed by atoms with Gasteiger partial charge < -0.3 is 0 Å². The van der Waals surface area contributed by atoms with Gasteiger partial charge in [-0.15, -0.1) is 0 Å². The Kier molecular flexibility index (Phi) is 6.70. The molecule has 0 bridgehead atoms. The van der Waals surface area contributed by atoms with Gasteiger partial charge in [-0.05, 0) is 0 Å². The van der Waals surface area contributed by atoms with E-state index in [4.69, 9.17) is 8.56 Å². The molecule has 4 heteroatoms. The molecular formula is C10H24HfO3. The van der Waals surface area contributed by atoms with E-state index in [0.717, 1.165) is 0 Å². The molecule has 0 atom stereocenters. The van der Waals surface area contributed by atoms with Gasteiger partial charge in [0.2, 0.25) is 0 Å². The minimum absolute atomic E-state index is 0.180. The van der Waals surface area contributed by atoms with Gasteiger partial charge in [0, 0.05) is 0 Å². The molecule has 86 valence electrons. The molecule has 3 nitrogen and oxygen atoms in total. The number of rotatable bonds is 6. The van der Waals surface area contributed by atoms with E-state index < -0.39 is 21.3 Å². The Bertz CT molecular complexity index is 131. The summed E-state index contributed by atoms with van der Waals surface area (Å²) in [5.74, 6) is 0. The molecule has 0 aliphatic carbocycles. The van der Waals surface area contributed by atoms with E-state index in [1.54, 1.807) is 0 Å². The Hall–Kier alpha value is 0.750. The van der Waals surface area contributed by atoms with Crippen molar-refractivity contribution in [2.75, 3.05) is 0 Å². The van der Waals surface area contributed by atoms with E-state index in [1.165, 1.54) is 0 Å². The average Bonchev–Trinajstić information content (AvgIpc) is 1.76. The molecule has 0 aromatic heterocycles. The van der Waals surface area contributed by atoms with Crippen LogP contribution in [0.2, 0.25) is 4.68 Å². The average molecular weight is 371 g/mol. The Morgan fingerprint density at radius 1 is 0.643 bits per heavy atom. The Morgan fingerprint density at radius 3 is 1.00 bits per heavy atom. The molecule has 0 rings (SSSR count). The Labute approximate surface area is 94.3 Å². The topological polar surface area (TPSA) is 27.7 Å². The van der Waals surface area contributed by atoms with Crippen LogP contribution in [-0.2, 0) is 29.8 Å². The van der Waals surface area contributed by atoms with Gasteiger partial charge in [-0.3, -0.25) is 0 Å². The summed E-state index contributed by atoms with van der Waals surface area (Å²) in [6.45, 7) is 12.1. The van der Waals surface area contributed by atoms with Crippen LogP contribution in [0.4, 0.5) is 0 Å². The van der Waals surface area contributed by atoms with Crippen LogP contribution in [0.25, 0.3) is 0 Å². The zero-order chi connectivity index (χ0) is 11.4. The predicted octanol–water partition coefficient (Wildman–Crippen LogP) is 3.21. The first-order valence-corrected chi connectivity index (χ1v) is 13.3. The van der Waals surface area contributed by atoms with Crippen molar-refractivity contribution < 1.29 is 29.8 Å². The molecule has 0 saturated heterocycles.